The van der Waals surface area contributed by atoms with Crippen molar-refractivity contribution in [2.75, 3.05) is 6.16 Å². The summed E-state index contributed by atoms with van der Waals surface area (Å²) < 4.78 is 0. The monoisotopic (exact) mass is 465 g/mol. The van der Waals surface area contributed by atoms with Crippen LogP contribution in [0.2, 0.25) is 0 Å². The van der Waals surface area contributed by atoms with Gasteiger partial charge in [0.2, 0.25) is 5.78 Å². The summed E-state index contributed by atoms with van der Waals surface area (Å²) in [5, 5.41) is 3.96. The van der Waals surface area contributed by atoms with E-state index >= 15 is 0 Å². The lowest BCUT2D eigenvalue weighted by molar-refractivity contribution is 0.102. The van der Waals surface area contributed by atoms with E-state index in [1.807, 2.05) is 30.3 Å². The first-order valence-electron chi connectivity index (χ1n) is 11.9. The number of aryl methyl sites for hydroxylation is 6. The predicted molar refractivity (Wildman–Crippen MR) is 149 cm³/mol. The maximum atomic E-state index is 14.0. The molecule has 4 aromatic carbocycles. The first-order chi connectivity index (χ1) is 16.2. The highest BCUT2D eigenvalue weighted by Crippen LogP contribution is 2.58. The molecule has 0 aromatic heterocycles. The SMILES string of the molecule is Cc1ccc(C)c([P+](CC(=O)c2ccccc2)(c2cc(C)ccc2C)c2cc(C)ccc2C)c1. The Hall–Kier alpha value is -3.02. The van der Waals surface area contributed by atoms with Gasteiger partial charge in [0.25, 0.3) is 0 Å². The van der Waals surface area contributed by atoms with Gasteiger partial charge in [-0.1, -0.05) is 66.7 Å². The molecule has 0 aliphatic rings. The highest BCUT2D eigenvalue weighted by atomic mass is 31.2. The molecule has 0 unspecified atom stereocenters. The van der Waals surface area contributed by atoms with Crippen LogP contribution >= 0.6 is 7.26 Å². The van der Waals surface area contributed by atoms with Crippen LogP contribution in [-0.2, 0) is 0 Å². The Morgan fingerprint density at radius 3 is 1.32 bits per heavy atom. The molecule has 0 atom stereocenters. The van der Waals surface area contributed by atoms with Crippen LogP contribution < -0.4 is 15.9 Å². The van der Waals surface area contributed by atoms with Crippen LogP contribution in [0.25, 0.3) is 0 Å². The Kier molecular flexibility index (Phi) is 6.87. The summed E-state index contributed by atoms with van der Waals surface area (Å²) in [5.74, 6) is 0.205. The normalized spacial score (nSPS) is 11.5. The fraction of sp³-hybridized carbons (Fsp3) is 0.219. The molecule has 4 rings (SSSR count). The van der Waals surface area contributed by atoms with Gasteiger partial charge >= 0.3 is 0 Å². The predicted octanol–water partition coefficient (Wildman–Crippen LogP) is 6.71. The van der Waals surface area contributed by atoms with Crippen molar-refractivity contribution >= 4 is 29.0 Å². The van der Waals surface area contributed by atoms with Crippen molar-refractivity contribution in [3.63, 3.8) is 0 Å². The molecule has 34 heavy (non-hydrogen) atoms. The van der Waals surface area contributed by atoms with Gasteiger partial charge in [-0.05, 0) is 93.1 Å². The van der Waals surface area contributed by atoms with E-state index in [2.05, 4.69) is 96.1 Å². The van der Waals surface area contributed by atoms with E-state index in [-0.39, 0.29) is 5.78 Å². The van der Waals surface area contributed by atoms with E-state index in [0.717, 1.165) is 5.56 Å². The minimum atomic E-state index is -2.32. The van der Waals surface area contributed by atoms with Crippen molar-refractivity contribution < 1.29 is 4.79 Å². The molecule has 0 bridgehead atoms. The van der Waals surface area contributed by atoms with Gasteiger partial charge in [-0.3, -0.25) is 4.79 Å². The smallest absolute Gasteiger partial charge is 0.201 e. The second kappa shape index (κ2) is 9.69. The number of hydrogen-bond acceptors (Lipinski definition) is 1. The van der Waals surface area contributed by atoms with Gasteiger partial charge in [0.05, 0.1) is 0 Å². The zero-order valence-corrected chi connectivity index (χ0v) is 22.0. The molecule has 0 aliphatic carbocycles. The largest absolute Gasteiger partial charge is 0.290 e. The third kappa shape index (κ3) is 4.50. The topological polar surface area (TPSA) is 17.1 Å². The van der Waals surface area contributed by atoms with E-state index < -0.39 is 7.26 Å². The molecule has 0 amide bonds. The molecule has 0 aliphatic heterocycles. The van der Waals surface area contributed by atoms with Crippen molar-refractivity contribution in [3.8, 4) is 0 Å². The van der Waals surface area contributed by atoms with E-state index in [1.54, 1.807) is 0 Å². The van der Waals surface area contributed by atoms with E-state index in [1.165, 1.54) is 49.3 Å². The molecule has 0 N–H and O–H groups in total. The summed E-state index contributed by atoms with van der Waals surface area (Å²) in [6.45, 7) is 13.1. The van der Waals surface area contributed by atoms with Crippen LogP contribution in [0.15, 0.2) is 84.9 Å². The van der Waals surface area contributed by atoms with Gasteiger partial charge in [0.15, 0.2) is 0 Å². The summed E-state index contributed by atoms with van der Waals surface area (Å²) in [6.07, 6.45) is 0.482. The molecule has 1 nitrogen and oxygen atoms in total. The molecule has 0 heterocycles. The molecular formula is C32H34OP+. The second-order valence-corrected chi connectivity index (χ2v) is 13.0. The first-order valence-corrected chi connectivity index (χ1v) is 13.9. The maximum absolute atomic E-state index is 14.0. The molecule has 172 valence electrons. The van der Waals surface area contributed by atoms with Crippen LogP contribution in [-0.4, -0.2) is 11.9 Å². The highest BCUT2D eigenvalue weighted by Gasteiger charge is 2.50. The Morgan fingerprint density at radius 1 is 0.559 bits per heavy atom. The first kappa shape index (κ1) is 24.1. The zero-order chi connectivity index (χ0) is 24.5. The summed E-state index contributed by atoms with van der Waals surface area (Å²) in [6, 6.07) is 30.0. The van der Waals surface area contributed by atoms with Gasteiger partial charge < -0.3 is 0 Å². The fourth-order valence-corrected chi connectivity index (χ4v) is 10.2. The van der Waals surface area contributed by atoms with Gasteiger partial charge in [-0.15, -0.1) is 0 Å². The third-order valence-electron chi connectivity index (χ3n) is 6.80. The third-order valence-corrected chi connectivity index (χ3v) is 11.5. The van der Waals surface area contributed by atoms with Gasteiger partial charge in [0.1, 0.15) is 29.3 Å². The Bertz CT molecular complexity index is 1230. The lowest BCUT2D eigenvalue weighted by Crippen LogP contribution is -2.39. The maximum Gasteiger partial charge on any atom is 0.201 e. The summed E-state index contributed by atoms with van der Waals surface area (Å²) >= 11 is 0. The molecule has 0 spiro atoms. The number of carbonyl (C=O) groups is 1. The van der Waals surface area contributed by atoms with Crippen LogP contribution in [0, 0.1) is 41.5 Å². The average Bonchev–Trinajstić information content (AvgIpc) is 2.83. The number of hydrogen-bond donors (Lipinski definition) is 0. The number of carbonyl (C=O) groups excluding carboxylic acids is 1. The zero-order valence-electron chi connectivity index (χ0n) is 21.1. The molecule has 0 fully saturated rings. The summed E-state index contributed by atoms with van der Waals surface area (Å²) in [5.41, 5.74) is 8.23. The van der Waals surface area contributed by atoms with E-state index in [4.69, 9.17) is 0 Å². The molecule has 0 saturated heterocycles. The van der Waals surface area contributed by atoms with Gasteiger partial charge in [-0.25, -0.2) is 0 Å². The van der Waals surface area contributed by atoms with E-state index in [0.29, 0.717) is 6.16 Å². The van der Waals surface area contributed by atoms with Gasteiger partial charge in [0, 0.05) is 5.56 Å². The standard InChI is InChI=1S/C32H34OP/c1-22-12-15-25(4)30(18-22)34(31-19-23(2)13-16-26(31)5,32-20-24(3)14-17-27(32)6)21-29(33)28-10-8-7-9-11-28/h7-20H,21H2,1-6H3/q+1. The molecule has 0 radical (unpaired) electrons. The molecular weight excluding hydrogens is 431 g/mol. The second-order valence-electron chi connectivity index (χ2n) is 9.63. The average molecular weight is 466 g/mol. The Labute approximate surface area is 205 Å². The molecule has 4 aromatic rings. The van der Waals surface area contributed by atoms with Gasteiger partial charge in [-0.2, -0.15) is 0 Å². The number of rotatable bonds is 6. The minimum Gasteiger partial charge on any atom is -0.290 e. The van der Waals surface area contributed by atoms with Crippen molar-refractivity contribution in [1.82, 2.24) is 0 Å². The molecule has 2 heteroatoms. The number of Topliss-reactive ketones (excluding diaryl/α,β-unsaturated/α-hetero) is 1. The highest BCUT2D eigenvalue weighted by molar-refractivity contribution is 7.96. The van der Waals surface area contributed by atoms with Crippen LogP contribution in [0.4, 0.5) is 0 Å². The Morgan fingerprint density at radius 2 is 0.941 bits per heavy atom. The molecule has 0 saturated carbocycles. The summed E-state index contributed by atoms with van der Waals surface area (Å²) in [7, 11) is -2.32. The Balaban J connectivity index is 2.15. The van der Waals surface area contributed by atoms with Crippen LogP contribution in [0.3, 0.4) is 0 Å². The van der Waals surface area contributed by atoms with Crippen LogP contribution in [0.5, 0.6) is 0 Å². The summed E-state index contributed by atoms with van der Waals surface area (Å²) in [4.78, 5) is 14.0. The number of ketones is 1. The fourth-order valence-electron chi connectivity index (χ4n) is 4.97. The lowest BCUT2D eigenvalue weighted by Gasteiger charge is -2.31. The van der Waals surface area contributed by atoms with Crippen LogP contribution in [0.1, 0.15) is 43.7 Å². The van der Waals surface area contributed by atoms with E-state index in [9.17, 15) is 4.79 Å². The lowest BCUT2D eigenvalue weighted by atomic mass is 10.1. The van der Waals surface area contributed by atoms with Crippen molar-refractivity contribution in [2.24, 2.45) is 0 Å². The minimum absolute atomic E-state index is 0.205. The van der Waals surface area contributed by atoms with Crippen molar-refractivity contribution in [1.29, 1.82) is 0 Å². The quantitative estimate of drug-likeness (QED) is 0.228. The van der Waals surface area contributed by atoms with Crippen molar-refractivity contribution in [3.05, 3.63) is 124 Å². The van der Waals surface area contributed by atoms with Crippen molar-refractivity contribution in [2.45, 2.75) is 41.5 Å². The number of benzene rings is 4.